The van der Waals surface area contributed by atoms with Crippen LogP contribution in [-0.2, 0) is 0 Å². The van der Waals surface area contributed by atoms with Crippen LogP contribution in [-0.4, -0.2) is 20.1 Å². The summed E-state index contributed by atoms with van der Waals surface area (Å²) in [5, 5.41) is 4.14. The van der Waals surface area contributed by atoms with Crippen molar-refractivity contribution in [3.8, 4) is 11.5 Å². The van der Waals surface area contributed by atoms with Gasteiger partial charge in [0, 0.05) is 16.1 Å². The minimum absolute atomic E-state index is 0.144. The standard InChI is InChI=1S/C24H19ClN2O4/c1-29-18-10-8-17(9-11-18)26-23(28)19-13-15-5-3-4-6-21(15)31-24(19)27-20-14-16(25)7-12-22(20)30-2/h3-14H,1-2H3,(H,26,28). The summed E-state index contributed by atoms with van der Waals surface area (Å²) in [5.41, 5.74) is 2.09. The number of carbonyl (C=O) groups excluding carboxylic acids is 1. The van der Waals surface area contributed by atoms with Gasteiger partial charge in [-0.3, -0.25) is 4.79 Å². The minimum atomic E-state index is -0.362. The van der Waals surface area contributed by atoms with Gasteiger partial charge in [0.15, 0.2) is 0 Å². The van der Waals surface area contributed by atoms with Crippen LogP contribution in [0.4, 0.5) is 11.4 Å². The van der Waals surface area contributed by atoms with Gasteiger partial charge in [0.25, 0.3) is 5.91 Å². The summed E-state index contributed by atoms with van der Waals surface area (Å²) in [5.74, 6) is 0.844. The molecular formula is C24H19ClN2O4. The molecule has 0 fully saturated rings. The van der Waals surface area contributed by atoms with Crippen LogP contribution < -0.4 is 20.3 Å². The molecule has 1 aromatic heterocycles. The van der Waals surface area contributed by atoms with Crippen molar-refractivity contribution < 1.29 is 18.7 Å². The number of methoxy groups -OCH3 is 2. The number of carbonyl (C=O) groups is 1. The highest BCUT2D eigenvalue weighted by atomic mass is 35.5. The molecule has 3 aromatic carbocycles. The van der Waals surface area contributed by atoms with E-state index in [4.69, 9.17) is 25.5 Å². The van der Waals surface area contributed by atoms with Gasteiger partial charge in [0.2, 0.25) is 5.55 Å². The highest BCUT2D eigenvalue weighted by molar-refractivity contribution is 6.30. The molecule has 0 aliphatic carbocycles. The van der Waals surface area contributed by atoms with Gasteiger partial charge in [-0.2, -0.15) is 0 Å². The third kappa shape index (κ3) is 4.54. The van der Waals surface area contributed by atoms with E-state index in [0.717, 1.165) is 5.39 Å². The van der Waals surface area contributed by atoms with Crippen molar-refractivity contribution in [2.75, 3.05) is 19.5 Å². The summed E-state index contributed by atoms with van der Waals surface area (Å²) in [7, 11) is 3.12. The van der Waals surface area contributed by atoms with Crippen LogP contribution in [0, 0.1) is 0 Å². The first-order chi connectivity index (χ1) is 15.1. The van der Waals surface area contributed by atoms with E-state index >= 15 is 0 Å². The average Bonchev–Trinajstić information content (AvgIpc) is 2.79. The number of amides is 1. The van der Waals surface area contributed by atoms with E-state index in [0.29, 0.717) is 33.5 Å². The molecule has 4 rings (SSSR count). The highest BCUT2D eigenvalue weighted by Gasteiger charge is 2.14. The number of anilines is 1. The maximum Gasteiger partial charge on any atom is 0.261 e. The first-order valence-electron chi connectivity index (χ1n) is 9.44. The van der Waals surface area contributed by atoms with E-state index in [2.05, 4.69) is 10.3 Å². The molecule has 31 heavy (non-hydrogen) atoms. The number of hydrogen-bond donors (Lipinski definition) is 1. The average molecular weight is 435 g/mol. The number of ether oxygens (including phenoxy) is 2. The predicted octanol–water partition coefficient (Wildman–Crippen LogP) is 5.59. The van der Waals surface area contributed by atoms with Crippen LogP contribution in [0.5, 0.6) is 11.5 Å². The molecule has 0 saturated carbocycles. The summed E-state index contributed by atoms with van der Waals surface area (Å²) in [6, 6.07) is 21.3. The Kier molecular flexibility index (Phi) is 5.91. The van der Waals surface area contributed by atoms with Gasteiger partial charge in [0.1, 0.15) is 28.3 Å². The summed E-state index contributed by atoms with van der Waals surface area (Å²) in [6.07, 6.45) is 0. The first kappa shape index (κ1) is 20.5. The zero-order valence-electron chi connectivity index (χ0n) is 16.9. The topological polar surface area (TPSA) is 73.1 Å². The predicted molar refractivity (Wildman–Crippen MR) is 120 cm³/mol. The molecule has 1 heterocycles. The fraction of sp³-hybridized carbons (Fsp3) is 0.0833. The van der Waals surface area contributed by atoms with Crippen molar-refractivity contribution in [3.63, 3.8) is 0 Å². The number of fused-ring (bicyclic) bond motifs is 1. The number of hydrogen-bond acceptors (Lipinski definition) is 5. The van der Waals surface area contributed by atoms with Gasteiger partial charge < -0.3 is 19.2 Å². The number of nitrogens with one attached hydrogen (secondary N) is 1. The number of para-hydroxylation sites is 1. The lowest BCUT2D eigenvalue weighted by atomic mass is 10.1. The number of nitrogens with zero attached hydrogens (tertiary/aromatic N) is 1. The lowest BCUT2D eigenvalue weighted by Gasteiger charge is -2.09. The summed E-state index contributed by atoms with van der Waals surface area (Å²) < 4.78 is 16.5. The first-order valence-corrected chi connectivity index (χ1v) is 9.82. The lowest BCUT2D eigenvalue weighted by Crippen LogP contribution is -2.21. The van der Waals surface area contributed by atoms with Gasteiger partial charge in [-0.15, -0.1) is 0 Å². The molecule has 0 aliphatic rings. The minimum Gasteiger partial charge on any atom is -0.497 e. The molecule has 0 saturated heterocycles. The molecule has 1 N–H and O–H groups in total. The van der Waals surface area contributed by atoms with Crippen molar-refractivity contribution in [1.82, 2.24) is 0 Å². The van der Waals surface area contributed by atoms with E-state index in [1.54, 1.807) is 55.6 Å². The molecule has 6 nitrogen and oxygen atoms in total. The maximum atomic E-state index is 13.1. The second-order valence-electron chi connectivity index (χ2n) is 6.61. The fourth-order valence-electron chi connectivity index (χ4n) is 3.05. The Morgan fingerprint density at radius 2 is 1.74 bits per heavy atom. The van der Waals surface area contributed by atoms with E-state index in [1.165, 1.54) is 7.11 Å². The Hall–Kier alpha value is -3.77. The van der Waals surface area contributed by atoms with Crippen LogP contribution >= 0.6 is 11.6 Å². The van der Waals surface area contributed by atoms with Crippen molar-refractivity contribution in [1.29, 1.82) is 0 Å². The van der Waals surface area contributed by atoms with E-state index in [-0.39, 0.29) is 17.0 Å². The zero-order chi connectivity index (χ0) is 21.8. The van der Waals surface area contributed by atoms with Crippen LogP contribution in [0.15, 0.2) is 82.2 Å². The number of rotatable bonds is 5. The van der Waals surface area contributed by atoms with Gasteiger partial charge in [-0.1, -0.05) is 29.8 Å². The molecule has 0 unspecified atom stereocenters. The van der Waals surface area contributed by atoms with Crippen molar-refractivity contribution in [2.24, 2.45) is 4.99 Å². The monoisotopic (exact) mass is 434 g/mol. The molecule has 1 amide bonds. The van der Waals surface area contributed by atoms with E-state index < -0.39 is 0 Å². The van der Waals surface area contributed by atoms with Gasteiger partial charge in [-0.05, 0) is 54.6 Å². The lowest BCUT2D eigenvalue weighted by molar-refractivity contribution is 0.102. The number of benzene rings is 3. The summed E-state index contributed by atoms with van der Waals surface area (Å²) in [6.45, 7) is 0. The van der Waals surface area contributed by atoms with Crippen molar-refractivity contribution in [3.05, 3.63) is 88.9 Å². The highest BCUT2D eigenvalue weighted by Crippen LogP contribution is 2.30. The molecule has 7 heteroatoms. The number of halogens is 1. The molecule has 0 spiro atoms. The molecule has 156 valence electrons. The fourth-order valence-corrected chi connectivity index (χ4v) is 3.21. The van der Waals surface area contributed by atoms with Gasteiger partial charge >= 0.3 is 0 Å². The zero-order valence-corrected chi connectivity index (χ0v) is 17.6. The summed E-state index contributed by atoms with van der Waals surface area (Å²) in [4.78, 5) is 17.7. The molecule has 0 bridgehead atoms. The van der Waals surface area contributed by atoms with Crippen LogP contribution in [0.2, 0.25) is 5.02 Å². The Bertz CT molecular complexity index is 1310. The Morgan fingerprint density at radius 1 is 0.968 bits per heavy atom. The van der Waals surface area contributed by atoms with Gasteiger partial charge in [-0.25, -0.2) is 4.99 Å². The van der Waals surface area contributed by atoms with Crippen LogP contribution in [0.3, 0.4) is 0 Å². The normalized spacial score (nSPS) is 11.4. The SMILES string of the molecule is COc1ccc(NC(=O)c2cc3ccccc3oc2=Nc2cc(Cl)ccc2OC)cc1. The maximum absolute atomic E-state index is 13.1. The van der Waals surface area contributed by atoms with Crippen LogP contribution in [0.25, 0.3) is 11.0 Å². The molecule has 4 aromatic rings. The van der Waals surface area contributed by atoms with Crippen molar-refractivity contribution >= 4 is 39.9 Å². The van der Waals surface area contributed by atoms with E-state index in [9.17, 15) is 4.79 Å². The molecule has 0 radical (unpaired) electrons. The third-order valence-corrected chi connectivity index (χ3v) is 4.85. The van der Waals surface area contributed by atoms with Gasteiger partial charge in [0.05, 0.1) is 14.2 Å². The smallest absolute Gasteiger partial charge is 0.261 e. The largest absolute Gasteiger partial charge is 0.497 e. The Balaban J connectivity index is 1.83. The molecule has 0 aliphatic heterocycles. The third-order valence-electron chi connectivity index (χ3n) is 4.61. The molecule has 0 atom stereocenters. The van der Waals surface area contributed by atoms with Crippen molar-refractivity contribution in [2.45, 2.75) is 0 Å². The second-order valence-corrected chi connectivity index (χ2v) is 7.05. The molecular weight excluding hydrogens is 416 g/mol. The quantitative estimate of drug-likeness (QED) is 0.444. The Morgan fingerprint density at radius 3 is 2.48 bits per heavy atom. The second kappa shape index (κ2) is 8.93. The summed E-state index contributed by atoms with van der Waals surface area (Å²) >= 11 is 6.13. The van der Waals surface area contributed by atoms with Crippen LogP contribution in [0.1, 0.15) is 10.4 Å². The van der Waals surface area contributed by atoms with E-state index in [1.807, 2.05) is 24.3 Å². The Labute approximate surface area is 183 Å².